The maximum atomic E-state index is 6.49. The molecule has 0 bridgehead atoms. The zero-order chi connectivity index (χ0) is 27.3. The number of thiophene rings is 1. The van der Waals surface area contributed by atoms with Crippen LogP contribution < -0.4 is 5.73 Å². The van der Waals surface area contributed by atoms with E-state index in [1.54, 1.807) is 0 Å². The molecular weight excluding hydrogens is 537 g/mol. The molecule has 0 radical (unpaired) electrons. The summed E-state index contributed by atoms with van der Waals surface area (Å²) in [4.78, 5) is 1.18. The van der Waals surface area contributed by atoms with Crippen LogP contribution in [0.5, 0.6) is 0 Å². The number of hydrogen-bond donors (Lipinski definition) is 1. The molecule has 0 saturated heterocycles. The van der Waals surface area contributed by atoms with Crippen LogP contribution in [0, 0.1) is 0 Å². The van der Waals surface area contributed by atoms with Crippen LogP contribution in [0.25, 0.3) is 58.8 Å². The predicted octanol–water partition coefficient (Wildman–Crippen LogP) is 10.7. The van der Waals surface area contributed by atoms with Gasteiger partial charge < -0.3 is 10.3 Å². The van der Waals surface area contributed by atoms with Crippen LogP contribution in [0.3, 0.4) is 0 Å². The first-order valence-corrected chi connectivity index (χ1v) is 15.6. The Morgan fingerprint density at radius 1 is 0.561 bits per heavy atom. The molecule has 0 unspecified atom stereocenters. The van der Waals surface area contributed by atoms with Gasteiger partial charge in [-0.05, 0) is 59.2 Å². The molecule has 0 aliphatic carbocycles. The van der Waals surface area contributed by atoms with E-state index < -0.39 is 0 Å². The fourth-order valence-electron chi connectivity index (χ4n) is 5.91. The maximum Gasteiger partial charge on any atom is 0.0541 e. The monoisotopic (exact) mass is 562 g/mol. The van der Waals surface area contributed by atoms with Crippen molar-refractivity contribution >= 4 is 70.8 Å². The van der Waals surface area contributed by atoms with E-state index in [1.165, 1.54) is 69.3 Å². The highest BCUT2D eigenvalue weighted by atomic mass is 32.2. The first-order valence-electron chi connectivity index (χ1n) is 13.7. The lowest BCUT2D eigenvalue weighted by molar-refractivity contribution is 1.18. The Morgan fingerprint density at radius 2 is 1.15 bits per heavy atom. The topological polar surface area (TPSA) is 30.9 Å². The number of thioether (sulfide) groups is 1. The third-order valence-corrected chi connectivity index (χ3v) is 10.2. The highest BCUT2D eigenvalue weighted by Crippen LogP contribution is 2.43. The van der Waals surface area contributed by atoms with E-state index in [4.69, 9.17) is 5.73 Å². The van der Waals surface area contributed by atoms with Gasteiger partial charge in [0.2, 0.25) is 0 Å². The van der Waals surface area contributed by atoms with Crippen LogP contribution in [-0.4, -0.2) is 4.57 Å². The van der Waals surface area contributed by atoms with E-state index in [1.807, 2.05) is 29.2 Å². The molecule has 0 aliphatic heterocycles. The molecule has 8 aromatic rings. The van der Waals surface area contributed by atoms with Gasteiger partial charge in [0, 0.05) is 53.0 Å². The van der Waals surface area contributed by atoms with Gasteiger partial charge in [-0.3, -0.25) is 0 Å². The van der Waals surface area contributed by atoms with Gasteiger partial charge in [0.1, 0.15) is 0 Å². The summed E-state index contributed by atoms with van der Waals surface area (Å²) in [5.41, 5.74) is 14.7. The molecule has 0 saturated carbocycles. The summed E-state index contributed by atoms with van der Waals surface area (Å²) in [5.74, 6) is 0.875. The third kappa shape index (κ3) is 4.10. The molecule has 0 aliphatic rings. The van der Waals surface area contributed by atoms with Crippen molar-refractivity contribution in [1.82, 2.24) is 4.57 Å². The Hall–Kier alpha value is -4.51. The number of nitrogens with zero attached hydrogens (tertiary/aromatic N) is 1. The summed E-state index contributed by atoms with van der Waals surface area (Å²) in [6.45, 7) is 0. The maximum absolute atomic E-state index is 6.49. The number of nitrogens with two attached hydrogens (primary N) is 1. The third-order valence-electron chi connectivity index (χ3n) is 7.90. The Morgan fingerprint density at radius 3 is 1.83 bits per heavy atom. The highest BCUT2D eigenvalue weighted by Gasteiger charge is 2.14. The Balaban J connectivity index is 1.06. The van der Waals surface area contributed by atoms with Gasteiger partial charge in [-0.2, -0.15) is 0 Å². The largest absolute Gasteiger partial charge is 0.398 e. The van der Waals surface area contributed by atoms with Gasteiger partial charge in [0.15, 0.2) is 0 Å². The van der Waals surface area contributed by atoms with Gasteiger partial charge in [0.25, 0.3) is 0 Å². The lowest BCUT2D eigenvalue weighted by atomic mass is 10.0. The second-order valence-corrected chi connectivity index (χ2v) is 12.4. The van der Waals surface area contributed by atoms with Crippen LogP contribution in [0.2, 0.25) is 0 Å². The van der Waals surface area contributed by atoms with Gasteiger partial charge in [-0.25, -0.2) is 0 Å². The molecule has 2 aromatic heterocycles. The normalized spacial score (nSPS) is 11.7. The lowest BCUT2D eigenvalue weighted by Gasteiger charge is -2.10. The summed E-state index contributed by atoms with van der Waals surface area (Å²) in [6, 6.07) is 48.0. The number of para-hydroxylation sites is 2. The molecule has 2 N–H and O–H groups in total. The van der Waals surface area contributed by atoms with E-state index in [0.717, 1.165) is 11.4 Å². The van der Waals surface area contributed by atoms with Crippen LogP contribution in [0.15, 0.2) is 138 Å². The van der Waals surface area contributed by atoms with Crippen LogP contribution >= 0.6 is 23.1 Å². The molecule has 41 heavy (non-hydrogen) atoms. The quantitative estimate of drug-likeness (QED) is 0.167. The number of hydrogen-bond acceptors (Lipinski definition) is 3. The summed E-state index contributed by atoms with van der Waals surface area (Å²) in [6.07, 6.45) is 0. The molecule has 0 amide bonds. The fourth-order valence-corrected chi connectivity index (χ4v) is 8.19. The smallest absolute Gasteiger partial charge is 0.0541 e. The first-order chi connectivity index (χ1) is 20.2. The van der Waals surface area contributed by atoms with Crippen molar-refractivity contribution in [2.24, 2.45) is 0 Å². The second kappa shape index (κ2) is 9.84. The number of aromatic nitrogens is 1. The molecule has 196 valence electrons. The minimum atomic E-state index is 0.853. The van der Waals surface area contributed by atoms with Gasteiger partial charge in [0.05, 0.1) is 11.0 Å². The molecular formula is C37H26N2S2. The first kappa shape index (κ1) is 24.3. The molecule has 8 rings (SSSR count). The summed E-state index contributed by atoms with van der Waals surface area (Å²) in [7, 11) is 0. The minimum absolute atomic E-state index is 0.853. The Kier molecular flexibility index (Phi) is 5.83. The molecule has 4 heteroatoms. The summed E-state index contributed by atoms with van der Waals surface area (Å²) < 4.78 is 4.96. The van der Waals surface area contributed by atoms with Crippen molar-refractivity contribution in [2.45, 2.75) is 10.6 Å². The number of fused-ring (bicyclic) bond motifs is 6. The summed E-state index contributed by atoms with van der Waals surface area (Å²) >= 11 is 3.67. The van der Waals surface area contributed by atoms with Gasteiger partial charge in [-0.15, -0.1) is 23.1 Å². The lowest BCUT2D eigenvalue weighted by Crippen LogP contribution is -1.93. The minimum Gasteiger partial charge on any atom is -0.398 e. The zero-order valence-corrected chi connectivity index (χ0v) is 23.9. The van der Waals surface area contributed by atoms with Crippen molar-refractivity contribution in [1.29, 1.82) is 0 Å². The van der Waals surface area contributed by atoms with E-state index in [2.05, 4.69) is 132 Å². The van der Waals surface area contributed by atoms with Crippen molar-refractivity contribution in [2.75, 3.05) is 5.73 Å². The number of nitrogen functional groups attached to an aromatic ring is 1. The van der Waals surface area contributed by atoms with Gasteiger partial charge in [-0.1, -0.05) is 91.0 Å². The zero-order valence-electron chi connectivity index (χ0n) is 22.2. The average molecular weight is 563 g/mol. The van der Waals surface area contributed by atoms with Gasteiger partial charge >= 0.3 is 0 Å². The van der Waals surface area contributed by atoms with E-state index >= 15 is 0 Å². The molecule has 0 fully saturated rings. The number of anilines is 1. The van der Waals surface area contributed by atoms with E-state index in [0.29, 0.717) is 0 Å². The Bertz CT molecular complexity index is 2150. The number of benzene rings is 6. The van der Waals surface area contributed by atoms with Crippen molar-refractivity contribution < 1.29 is 0 Å². The van der Waals surface area contributed by atoms with Crippen LogP contribution in [-0.2, 0) is 5.75 Å². The van der Waals surface area contributed by atoms with Crippen LogP contribution in [0.1, 0.15) is 5.56 Å². The molecule has 0 spiro atoms. The number of rotatable bonds is 5. The van der Waals surface area contributed by atoms with E-state index in [-0.39, 0.29) is 0 Å². The SMILES string of the molecule is Nc1ccc2sc3ccccc3c2c1SCc1ccc(-c2ccc(-n3c4ccccc4c4ccccc43)cc2)cc1. The fraction of sp³-hybridized carbons (Fsp3) is 0.0270. The van der Waals surface area contributed by atoms with Crippen LogP contribution in [0.4, 0.5) is 5.69 Å². The molecule has 2 heterocycles. The summed E-state index contributed by atoms with van der Waals surface area (Å²) in [5, 5.41) is 5.15. The molecule has 6 aromatic carbocycles. The highest BCUT2D eigenvalue weighted by molar-refractivity contribution is 7.99. The van der Waals surface area contributed by atoms with Crippen molar-refractivity contribution in [3.05, 3.63) is 139 Å². The standard InChI is InChI=1S/C37H26N2S2/c38-31-21-22-35-36(30-9-3-6-12-34(30)41-35)37(31)40-23-24-13-15-25(16-14-24)26-17-19-27(20-18-26)39-32-10-4-1-7-28(32)29-8-2-5-11-33(29)39/h1-22H,23,38H2. The molecule has 2 nitrogen and oxygen atoms in total. The second-order valence-electron chi connectivity index (χ2n) is 10.4. The van der Waals surface area contributed by atoms with Crippen molar-refractivity contribution in [3.63, 3.8) is 0 Å². The van der Waals surface area contributed by atoms with Crippen molar-refractivity contribution in [3.8, 4) is 16.8 Å². The predicted molar refractivity (Wildman–Crippen MR) is 180 cm³/mol. The Labute approximate surface area is 246 Å². The average Bonchev–Trinajstić information content (AvgIpc) is 3.57. The molecule has 0 atom stereocenters. The van der Waals surface area contributed by atoms with E-state index in [9.17, 15) is 0 Å².